The maximum absolute atomic E-state index is 11.5. The molecule has 0 aliphatic rings. The molecule has 0 heterocycles. The molecule has 7 heteroatoms. The van der Waals surface area contributed by atoms with Crippen molar-refractivity contribution in [1.29, 1.82) is 0 Å². The van der Waals surface area contributed by atoms with Crippen molar-refractivity contribution in [2.24, 2.45) is 0 Å². The van der Waals surface area contributed by atoms with Gasteiger partial charge in [0.25, 0.3) is 0 Å². The van der Waals surface area contributed by atoms with Gasteiger partial charge in [-0.2, -0.15) is 0 Å². The number of anilines is 1. The van der Waals surface area contributed by atoms with E-state index in [0.717, 1.165) is 5.69 Å². The van der Waals surface area contributed by atoms with Gasteiger partial charge in [-0.25, -0.2) is 13.1 Å². The highest BCUT2D eigenvalue weighted by Crippen LogP contribution is 2.13. The molecule has 0 amide bonds. The maximum Gasteiger partial charge on any atom is 0.240 e. The summed E-state index contributed by atoms with van der Waals surface area (Å²) in [6.45, 7) is 0.588. The van der Waals surface area contributed by atoms with Crippen LogP contribution in [0, 0.1) is 0 Å². The van der Waals surface area contributed by atoms with Crippen LogP contribution in [0.1, 0.15) is 0 Å². The summed E-state index contributed by atoms with van der Waals surface area (Å²) in [4.78, 5) is 0.202. The molecule has 1 rings (SSSR count). The highest BCUT2D eigenvalue weighted by Gasteiger charge is 2.10. The molecule has 102 valence electrons. The van der Waals surface area contributed by atoms with Crippen LogP contribution in [-0.2, 0) is 14.8 Å². The fourth-order valence-electron chi connectivity index (χ4n) is 1.36. The van der Waals surface area contributed by atoms with Gasteiger partial charge in [0.15, 0.2) is 0 Å². The Labute approximate surface area is 107 Å². The number of sulfonamides is 1. The van der Waals surface area contributed by atoms with Crippen LogP contribution in [-0.4, -0.2) is 46.9 Å². The van der Waals surface area contributed by atoms with Crippen molar-refractivity contribution in [3.05, 3.63) is 24.3 Å². The third kappa shape index (κ3) is 4.26. The fourth-order valence-corrected chi connectivity index (χ4v) is 2.09. The smallest absolute Gasteiger partial charge is 0.240 e. The second-order valence-electron chi connectivity index (χ2n) is 3.72. The third-order valence-electron chi connectivity index (χ3n) is 2.33. The summed E-state index contributed by atoms with van der Waals surface area (Å²) in [6.07, 6.45) is -0.601. The van der Waals surface area contributed by atoms with Crippen LogP contribution >= 0.6 is 0 Å². The van der Waals surface area contributed by atoms with Gasteiger partial charge in [-0.15, -0.1) is 0 Å². The average Bonchev–Trinajstić information content (AvgIpc) is 2.37. The third-order valence-corrected chi connectivity index (χ3v) is 3.76. The number of hydrogen-bond acceptors (Lipinski definition) is 5. The van der Waals surface area contributed by atoms with Gasteiger partial charge in [-0.1, -0.05) is 0 Å². The van der Waals surface area contributed by atoms with E-state index >= 15 is 0 Å². The molecule has 3 N–H and O–H groups in total. The van der Waals surface area contributed by atoms with E-state index in [-0.39, 0.29) is 11.5 Å². The lowest BCUT2D eigenvalue weighted by atomic mass is 10.3. The lowest BCUT2D eigenvalue weighted by Gasteiger charge is -2.12. The standard InChI is InChI=1S/C11H18N2O4S/c1-12-18(15,16)11-5-3-9(4-6-11)13-7-10(14)8-17-2/h3-6,10,12-14H,7-8H2,1-2H3. The van der Waals surface area contributed by atoms with Crippen LogP contribution in [0.4, 0.5) is 5.69 Å². The monoisotopic (exact) mass is 274 g/mol. The average molecular weight is 274 g/mol. The number of aliphatic hydroxyl groups is 1. The Morgan fingerprint density at radius 3 is 2.44 bits per heavy atom. The molecule has 0 bridgehead atoms. The van der Waals surface area contributed by atoms with Crippen LogP contribution in [0.15, 0.2) is 29.2 Å². The van der Waals surface area contributed by atoms with E-state index in [1.54, 1.807) is 12.1 Å². The Bertz CT molecular complexity index is 458. The van der Waals surface area contributed by atoms with E-state index in [4.69, 9.17) is 4.74 Å². The summed E-state index contributed by atoms with van der Waals surface area (Å²) >= 11 is 0. The first kappa shape index (κ1) is 14.9. The predicted octanol–water partition coefficient (Wildman–Crippen LogP) is 0.0139. The van der Waals surface area contributed by atoms with Gasteiger partial charge in [0, 0.05) is 19.3 Å². The van der Waals surface area contributed by atoms with Gasteiger partial charge in [0.1, 0.15) is 0 Å². The van der Waals surface area contributed by atoms with Crippen LogP contribution in [0.25, 0.3) is 0 Å². The van der Waals surface area contributed by atoms with Crippen molar-refractivity contribution in [3.63, 3.8) is 0 Å². The lowest BCUT2D eigenvalue weighted by Crippen LogP contribution is -2.24. The number of ether oxygens (including phenoxy) is 1. The topological polar surface area (TPSA) is 87.7 Å². The molecule has 1 aromatic carbocycles. The van der Waals surface area contributed by atoms with Crippen molar-refractivity contribution >= 4 is 15.7 Å². The Hall–Kier alpha value is -1.15. The minimum atomic E-state index is -3.40. The first-order valence-electron chi connectivity index (χ1n) is 5.44. The van der Waals surface area contributed by atoms with E-state index < -0.39 is 16.1 Å². The van der Waals surface area contributed by atoms with Gasteiger partial charge >= 0.3 is 0 Å². The van der Waals surface area contributed by atoms with Crippen molar-refractivity contribution in [2.45, 2.75) is 11.0 Å². The SMILES string of the molecule is CNS(=O)(=O)c1ccc(NCC(O)COC)cc1. The van der Waals surface area contributed by atoms with Gasteiger partial charge < -0.3 is 15.2 Å². The zero-order chi connectivity index (χ0) is 13.6. The molecule has 1 aromatic rings. The first-order valence-corrected chi connectivity index (χ1v) is 6.92. The van der Waals surface area contributed by atoms with Crippen molar-refractivity contribution in [2.75, 3.05) is 32.6 Å². The van der Waals surface area contributed by atoms with Gasteiger partial charge in [-0.3, -0.25) is 0 Å². The lowest BCUT2D eigenvalue weighted by molar-refractivity contribution is 0.0727. The summed E-state index contributed by atoms with van der Waals surface area (Å²) in [5.41, 5.74) is 0.736. The zero-order valence-electron chi connectivity index (χ0n) is 10.4. The minimum absolute atomic E-state index is 0.202. The van der Waals surface area contributed by atoms with E-state index in [2.05, 4.69) is 10.0 Å². The second kappa shape index (κ2) is 6.69. The van der Waals surface area contributed by atoms with Crippen LogP contribution in [0.5, 0.6) is 0 Å². The molecular weight excluding hydrogens is 256 g/mol. The van der Waals surface area contributed by atoms with Crippen molar-refractivity contribution < 1.29 is 18.3 Å². The van der Waals surface area contributed by atoms with E-state index in [9.17, 15) is 13.5 Å². The molecule has 0 aromatic heterocycles. The number of rotatable bonds is 7. The Kier molecular flexibility index (Phi) is 5.54. The van der Waals surface area contributed by atoms with Crippen LogP contribution < -0.4 is 10.0 Å². The number of benzene rings is 1. The summed E-state index contributed by atoms with van der Waals surface area (Å²) in [5, 5.41) is 12.4. The summed E-state index contributed by atoms with van der Waals surface area (Å²) in [5.74, 6) is 0. The predicted molar refractivity (Wildman–Crippen MR) is 69.1 cm³/mol. The Morgan fingerprint density at radius 2 is 1.94 bits per heavy atom. The maximum atomic E-state index is 11.5. The van der Waals surface area contributed by atoms with E-state index in [1.165, 1.54) is 26.3 Å². The summed E-state index contributed by atoms with van der Waals surface area (Å²) in [7, 11) is -0.524. The highest BCUT2D eigenvalue weighted by atomic mass is 32.2. The molecular formula is C11H18N2O4S. The molecule has 0 radical (unpaired) electrons. The van der Waals surface area contributed by atoms with Crippen LogP contribution in [0.2, 0.25) is 0 Å². The Balaban J connectivity index is 2.61. The van der Waals surface area contributed by atoms with E-state index in [1.807, 2.05) is 0 Å². The molecule has 0 aliphatic carbocycles. The zero-order valence-corrected chi connectivity index (χ0v) is 11.2. The number of methoxy groups -OCH3 is 1. The number of hydrogen-bond donors (Lipinski definition) is 3. The number of nitrogens with one attached hydrogen (secondary N) is 2. The molecule has 0 aliphatic heterocycles. The molecule has 18 heavy (non-hydrogen) atoms. The normalized spacial score (nSPS) is 13.3. The summed E-state index contributed by atoms with van der Waals surface area (Å²) in [6, 6.07) is 6.28. The molecule has 1 unspecified atom stereocenters. The summed E-state index contributed by atoms with van der Waals surface area (Å²) < 4.78 is 30.0. The number of aliphatic hydroxyl groups excluding tert-OH is 1. The van der Waals surface area contributed by atoms with Crippen molar-refractivity contribution in [3.8, 4) is 0 Å². The molecule has 0 spiro atoms. The molecule has 1 atom stereocenters. The second-order valence-corrected chi connectivity index (χ2v) is 5.61. The fraction of sp³-hybridized carbons (Fsp3) is 0.455. The minimum Gasteiger partial charge on any atom is -0.389 e. The van der Waals surface area contributed by atoms with Gasteiger partial charge in [-0.05, 0) is 31.3 Å². The van der Waals surface area contributed by atoms with Crippen LogP contribution in [0.3, 0.4) is 0 Å². The first-order chi connectivity index (χ1) is 8.49. The van der Waals surface area contributed by atoms with E-state index in [0.29, 0.717) is 6.54 Å². The van der Waals surface area contributed by atoms with Crippen molar-refractivity contribution in [1.82, 2.24) is 4.72 Å². The Morgan fingerprint density at radius 1 is 1.33 bits per heavy atom. The molecule has 0 saturated heterocycles. The quantitative estimate of drug-likeness (QED) is 0.652. The largest absolute Gasteiger partial charge is 0.389 e. The molecule has 0 fully saturated rings. The van der Waals surface area contributed by atoms with Gasteiger partial charge in [0.2, 0.25) is 10.0 Å². The van der Waals surface area contributed by atoms with Gasteiger partial charge in [0.05, 0.1) is 17.6 Å². The highest BCUT2D eigenvalue weighted by molar-refractivity contribution is 7.89. The molecule has 6 nitrogen and oxygen atoms in total. The molecule has 0 saturated carbocycles.